The van der Waals surface area contributed by atoms with Gasteiger partial charge in [0.1, 0.15) is 0 Å². The Balaban J connectivity index is 2.30. The van der Waals surface area contributed by atoms with E-state index in [9.17, 15) is 0 Å². The molecule has 1 aromatic carbocycles. The summed E-state index contributed by atoms with van der Waals surface area (Å²) in [5.41, 5.74) is 1.22. The van der Waals surface area contributed by atoms with E-state index < -0.39 is 8.07 Å². The molecule has 1 aromatic rings. The molecule has 0 aromatic heterocycles. The van der Waals surface area contributed by atoms with Crippen LogP contribution in [0.5, 0.6) is 0 Å². The predicted molar refractivity (Wildman–Crippen MR) is 72.2 cm³/mol. The lowest BCUT2D eigenvalue weighted by atomic mass is 10.3. The van der Waals surface area contributed by atoms with Crippen molar-refractivity contribution in [2.75, 3.05) is 11.9 Å². The summed E-state index contributed by atoms with van der Waals surface area (Å²) in [6, 6.07) is 12.9. The highest BCUT2D eigenvalue weighted by atomic mass is 28.3. The molecule has 0 heterocycles. The number of anilines is 1. The van der Waals surface area contributed by atoms with Crippen LogP contribution in [-0.4, -0.2) is 14.6 Å². The number of rotatable bonds is 6. The highest BCUT2D eigenvalue weighted by Crippen LogP contribution is 2.16. The quantitative estimate of drug-likeness (QED) is 0.563. The molecule has 0 bridgehead atoms. The van der Waals surface area contributed by atoms with Crippen molar-refractivity contribution in [3.63, 3.8) is 0 Å². The van der Waals surface area contributed by atoms with Crippen LogP contribution in [0, 0.1) is 0 Å². The maximum atomic E-state index is 3.83. The lowest BCUT2D eigenvalue weighted by Gasteiger charge is -2.20. The average Bonchev–Trinajstić information content (AvgIpc) is 2.19. The van der Waals surface area contributed by atoms with Gasteiger partial charge in [-0.1, -0.05) is 37.4 Å². The summed E-state index contributed by atoms with van der Waals surface area (Å²) < 4.78 is 0. The highest BCUT2D eigenvalue weighted by molar-refractivity contribution is 6.77. The minimum Gasteiger partial charge on any atom is -0.385 e. The minimum absolute atomic E-state index is 1.04. The molecule has 0 aliphatic rings. The first-order valence-corrected chi connectivity index (χ1v) is 8.95. The zero-order valence-electron chi connectivity index (χ0n) is 9.79. The molecule has 15 heavy (non-hydrogen) atoms. The fourth-order valence-corrected chi connectivity index (χ4v) is 3.38. The smallest absolute Gasteiger partial charge is 0.0528 e. The van der Waals surface area contributed by atoms with Crippen molar-refractivity contribution < 1.29 is 0 Å². The number of allylic oxidation sites excluding steroid dienone is 1. The van der Waals surface area contributed by atoms with Crippen LogP contribution in [-0.2, 0) is 0 Å². The Kier molecular flexibility index (Phi) is 4.63. The minimum atomic E-state index is -1.04. The molecule has 0 aliphatic heterocycles. The molecule has 0 saturated heterocycles. The fraction of sp³-hybridized carbons (Fsp3) is 0.385. The average molecular weight is 219 g/mol. The van der Waals surface area contributed by atoms with Gasteiger partial charge in [0, 0.05) is 12.2 Å². The van der Waals surface area contributed by atoms with Crippen molar-refractivity contribution in [2.24, 2.45) is 0 Å². The predicted octanol–water partition coefficient (Wildman–Crippen LogP) is 3.99. The summed E-state index contributed by atoms with van der Waals surface area (Å²) in [5, 5.41) is 3.46. The lowest BCUT2D eigenvalue weighted by molar-refractivity contribution is 1.15. The van der Waals surface area contributed by atoms with Crippen molar-refractivity contribution in [3.05, 3.63) is 43.0 Å². The molecule has 0 unspecified atom stereocenters. The Labute approximate surface area is 94.2 Å². The van der Waals surface area contributed by atoms with E-state index in [2.05, 4.69) is 55.3 Å². The van der Waals surface area contributed by atoms with Crippen molar-refractivity contribution in [3.8, 4) is 0 Å². The van der Waals surface area contributed by atoms with Crippen LogP contribution in [0.25, 0.3) is 0 Å². The van der Waals surface area contributed by atoms with Crippen molar-refractivity contribution in [1.82, 2.24) is 0 Å². The number of nitrogens with one attached hydrogen (secondary N) is 1. The Bertz CT molecular complexity index is 293. The molecule has 0 radical (unpaired) electrons. The molecule has 82 valence electrons. The molecule has 2 heteroatoms. The van der Waals surface area contributed by atoms with Crippen molar-refractivity contribution in [1.29, 1.82) is 0 Å². The van der Waals surface area contributed by atoms with Gasteiger partial charge in [-0.15, -0.1) is 6.58 Å². The van der Waals surface area contributed by atoms with Crippen LogP contribution in [0.1, 0.15) is 0 Å². The zero-order valence-corrected chi connectivity index (χ0v) is 10.8. The summed E-state index contributed by atoms with van der Waals surface area (Å²) in [6.07, 6.45) is 2.06. The third-order valence-corrected chi connectivity index (χ3v) is 5.60. The van der Waals surface area contributed by atoms with Crippen LogP contribution in [0.4, 0.5) is 5.69 Å². The van der Waals surface area contributed by atoms with E-state index in [1.165, 1.54) is 17.8 Å². The van der Waals surface area contributed by atoms with E-state index >= 15 is 0 Å². The molecular weight excluding hydrogens is 198 g/mol. The second-order valence-corrected chi connectivity index (χ2v) is 9.94. The number of para-hydroxylation sites is 1. The molecule has 0 spiro atoms. The number of hydrogen-bond acceptors (Lipinski definition) is 1. The van der Waals surface area contributed by atoms with Gasteiger partial charge in [0.25, 0.3) is 0 Å². The van der Waals surface area contributed by atoms with Gasteiger partial charge in [-0.05, 0) is 24.2 Å². The van der Waals surface area contributed by atoms with Crippen LogP contribution < -0.4 is 5.32 Å². The number of benzene rings is 1. The monoisotopic (exact) mass is 219 g/mol. The largest absolute Gasteiger partial charge is 0.385 e. The van der Waals surface area contributed by atoms with E-state index in [4.69, 9.17) is 0 Å². The molecule has 0 amide bonds. The summed E-state index contributed by atoms with van der Waals surface area (Å²) in [5.74, 6) is 0. The van der Waals surface area contributed by atoms with Gasteiger partial charge in [0.15, 0.2) is 0 Å². The third-order valence-electron chi connectivity index (χ3n) is 2.60. The second-order valence-electron chi connectivity index (χ2n) is 4.70. The van der Waals surface area contributed by atoms with Crippen LogP contribution in [0.2, 0.25) is 25.2 Å². The molecule has 0 saturated carbocycles. The SMILES string of the molecule is C=CC[Si](C)(C)CCNc1ccccc1. The Morgan fingerprint density at radius 1 is 1.27 bits per heavy atom. The molecule has 1 nitrogen and oxygen atoms in total. The van der Waals surface area contributed by atoms with E-state index in [-0.39, 0.29) is 0 Å². The maximum Gasteiger partial charge on any atom is 0.0528 e. The first kappa shape index (κ1) is 12.0. The van der Waals surface area contributed by atoms with Crippen molar-refractivity contribution in [2.45, 2.75) is 25.2 Å². The van der Waals surface area contributed by atoms with Gasteiger partial charge in [0.2, 0.25) is 0 Å². The van der Waals surface area contributed by atoms with Gasteiger partial charge >= 0.3 is 0 Å². The first-order valence-electron chi connectivity index (χ1n) is 5.54. The van der Waals surface area contributed by atoms with Gasteiger partial charge < -0.3 is 5.32 Å². The Morgan fingerprint density at radius 3 is 2.53 bits per heavy atom. The van der Waals surface area contributed by atoms with Gasteiger partial charge in [-0.3, -0.25) is 0 Å². The molecule has 1 rings (SSSR count). The zero-order chi connectivity index (χ0) is 11.1. The number of hydrogen-bond donors (Lipinski definition) is 1. The van der Waals surface area contributed by atoms with E-state index in [1.807, 2.05) is 6.07 Å². The van der Waals surface area contributed by atoms with Crippen LogP contribution in [0.15, 0.2) is 43.0 Å². The first-order chi connectivity index (χ1) is 7.14. The van der Waals surface area contributed by atoms with Crippen LogP contribution >= 0.6 is 0 Å². The van der Waals surface area contributed by atoms with Gasteiger partial charge in [-0.2, -0.15) is 0 Å². The highest BCUT2D eigenvalue weighted by Gasteiger charge is 2.17. The maximum absolute atomic E-state index is 3.83. The van der Waals surface area contributed by atoms with Gasteiger partial charge in [-0.25, -0.2) is 0 Å². The van der Waals surface area contributed by atoms with E-state index in [0.29, 0.717) is 0 Å². The summed E-state index contributed by atoms with van der Waals surface area (Å²) >= 11 is 0. The lowest BCUT2D eigenvalue weighted by Crippen LogP contribution is -2.27. The summed E-state index contributed by atoms with van der Waals surface area (Å²) in [6.45, 7) is 9.74. The fourth-order valence-electron chi connectivity index (χ4n) is 1.59. The Hall–Kier alpha value is -1.02. The molecular formula is C13H21NSi. The van der Waals surface area contributed by atoms with E-state index in [0.717, 1.165) is 6.54 Å². The summed E-state index contributed by atoms with van der Waals surface area (Å²) in [4.78, 5) is 0. The molecule has 1 N–H and O–H groups in total. The standard InChI is InChI=1S/C13H21NSi/c1-4-11-15(2,3)12-10-14-13-8-6-5-7-9-13/h4-9,14H,1,10-12H2,2-3H3. The third kappa shape index (κ3) is 4.84. The van der Waals surface area contributed by atoms with Gasteiger partial charge in [0.05, 0.1) is 8.07 Å². The summed E-state index contributed by atoms with van der Waals surface area (Å²) in [7, 11) is -1.04. The molecule has 0 aliphatic carbocycles. The normalized spacial score (nSPS) is 11.1. The topological polar surface area (TPSA) is 12.0 Å². The van der Waals surface area contributed by atoms with E-state index in [1.54, 1.807) is 0 Å². The molecule has 0 atom stereocenters. The Morgan fingerprint density at radius 2 is 1.93 bits per heavy atom. The van der Waals surface area contributed by atoms with Crippen molar-refractivity contribution >= 4 is 13.8 Å². The second kappa shape index (κ2) is 5.76. The van der Waals surface area contributed by atoms with Crippen LogP contribution in [0.3, 0.4) is 0 Å². The molecule has 0 fully saturated rings.